The number of nitrogens with zero attached hydrogens (tertiary/aromatic N) is 2. The minimum absolute atomic E-state index is 0.000653. The fourth-order valence-corrected chi connectivity index (χ4v) is 3.16. The molecule has 9 heteroatoms. The lowest BCUT2D eigenvalue weighted by molar-refractivity contribution is 0.0746. The summed E-state index contributed by atoms with van der Waals surface area (Å²) in [6, 6.07) is 6.38. The Kier molecular flexibility index (Phi) is 5.29. The third-order valence-corrected chi connectivity index (χ3v) is 4.71. The number of halogens is 6. The molecule has 0 atom stereocenters. The van der Waals surface area contributed by atoms with Gasteiger partial charge in [-0.3, -0.25) is 4.79 Å². The fraction of sp³-hybridized carbons (Fsp3) is 0.235. The SMILES string of the molecule is O=C(c1cccc(Cl)c1)N1CCN(c2c(F)c(F)c(Cl)c(F)c2F)CC1. The maximum absolute atomic E-state index is 14.0. The second kappa shape index (κ2) is 7.32. The molecule has 1 heterocycles. The van der Waals surface area contributed by atoms with E-state index in [-0.39, 0.29) is 32.1 Å². The van der Waals surface area contributed by atoms with Crippen LogP contribution in [0, 0.1) is 23.3 Å². The number of carbonyl (C=O) groups excluding carboxylic acids is 1. The molecule has 3 nitrogen and oxygen atoms in total. The van der Waals surface area contributed by atoms with E-state index in [0.717, 1.165) is 4.90 Å². The van der Waals surface area contributed by atoms with Gasteiger partial charge in [-0.1, -0.05) is 29.3 Å². The molecule has 138 valence electrons. The molecule has 26 heavy (non-hydrogen) atoms. The zero-order valence-corrected chi connectivity index (χ0v) is 14.7. The van der Waals surface area contributed by atoms with Gasteiger partial charge in [0, 0.05) is 36.8 Å². The molecule has 0 aromatic heterocycles. The van der Waals surface area contributed by atoms with Crippen molar-refractivity contribution >= 4 is 34.8 Å². The first kappa shape index (κ1) is 18.8. The second-order valence-electron chi connectivity index (χ2n) is 5.71. The van der Waals surface area contributed by atoms with Crippen LogP contribution in [0.3, 0.4) is 0 Å². The highest BCUT2D eigenvalue weighted by atomic mass is 35.5. The van der Waals surface area contributed by atoms with Crippen molar-refractivity contribution in [1.29, 1.82) is 0 Å². The average molecular weight is 407 g/mol. The van der Waals surface area contributed by atoms with Crippen molar-refractivity contribution in [3.05, 3.63) is 63.1 Å². The maximum atomic E-state index is 14.0. The number of carbonyl (C=O) groups is 1. The average Bonchev–Trinajstić information content (AvgIpc) is 2.65. The number of amides is 1. The number of rotatable bonds is 2. The summed E-state index contributed by atoms with van der Waals surface area (Å²) in [6.07, 6.45) is 0. The monoisotopic (exact) mass is 406 g/mol. The standard InChI is InChI=1S/C17H12Cl2F4N2O/c18-10-3-1-2-9(8-10)17(26)25-6-4-24(5-7-25)16-14(22)12(20)11(19)13(21)15(16)23/h1-3,8H,4-7H2. The molecule has 2 aromatic rings. The largest absolute Gasteiger partial charge is 0.363 e. The zero-order valence-electron chi connectivity index (χ0n) is 13.2. The molecule has 0 saturated carbocycles. The van der Waals surface area contributed by atoms with Gasteiger partial charge in [0.15, 0.2) is 23.3 Å². The van der Waals surface area contributed by atoms with Crippen LogP contribution in [0.25, 0.3) is 0 Å². The fourth-order valence-electron chi connectivity index (χ4n) is 2.81. The highest BCUT2D eigenvalue weighted by molar-refractivity contribution is 6.31. The van der Waals surface area contributed by atoms with Crippen LogP contribution in [0.1, 0.15) is 10.4 Å². The first-order valence-corrected chi connectivity index (χ1v) is 8.38. The summed E-state index contributed by atoms with van der Waals surface area (Å²) >= 11 is 11.1. The lowest BCUT2D eigenvalue weighted by Crippen LogP contribution is -2.49. The molecule has 1 fully saturated rings. The van der Waals surface area contributed by atoms with Crippen molar-refractivity contribution in [3.63, 3.8) is 0 Å². The van der Waals surface area contributed by atoms with Gasteiger partial charge in [0.2, 0.25) is 0 Å². The van der Waals surface area contributed by atoms with Gasteiger partial charge in [-0.05, 0) is 18.2 Å². The summed E-state index contributed by atoms with van der Waals surface area (Å²) in [5.41, 5.74) is -0.439. The van der Waals surface area contributed by atoms with Crippen molar-refractivity contribution in [2.75, 3.05) is 31.1 Å². The van der Waals surface area contributed by atoms with Crippen LogP contribution >= 0.6 is 23.2 Å². The molecule has 0 spiro atoms. The minimum Gasteiger partial charge on any atom is -0.363 e. The highest BCUT2D eigenvalue weighted by Gasteiger charge is 2.31. The molecule has 0 aliphatic carbocycles. The third kappa shape index (κ3) is 3.33. The normalized spacial score (nSPS) is 14.7. The van der Waals surface area contributed by atoms with Gasteiger partial charge in [-0.2, -0.15) is 0 Å². The van der Waals surface area contributed by atoms with E-state index in [1.54, 1.807) is 18.2 Å². The Morgan fingerprint density at radius 3 is 2.00 bits per heavy atom. The molecule has 0 bridgehead atoms. The number of hydrogen-bond donors (Lipinski definition) is 0. The van der Waals surface area contributed by atoms with Crippen molar-refractivity contribution in [1.82, 2.24) is 4.90 Å². The topological polar surface area (TPSA) is 23.6 Å². The number of anilines is 1. The lowest BCUT2D eigenvalue weighted by Gasteiger charge is -2.36. The molecule has 0 N–H and O–H groups in total. The van der Waals surface area contributed by atoms with Gasteiger partial charge >= 0.3 is 0 Å². The smallest absolute Gasteiger partial charge is 0.254 e. The van der Waals surface area contributed by atoms with Gasteiger partial charge in [-0.25, -0.2) is 17.6 Å². The van der Waals surface area contributed by atoms with E-state index in [4.69, 9.17) is 23.2 Å². The van der Waals surface area contributed by atoms with Crippen molar-refractivity contribution in [3.8, 4) is 0 Å². The van der Waals surface area contributed by atoms with E-state index in [1.807, 2.05) is 0 Å². The summed E-state index contributed by atoms with van der Waals surface area (Å²) in [5.74, 6) is -6.68. The minimum atomic E-state index is -1.64. The quantitative estimate of drug-likeness (QED) is 0.416. The van der Waals surface area contributed by atoms with E-state index >= 15 is 0 Å². The van der Waals surface area contributed by atoms with Crippen LogP contribution in [-0.4, -0.2) is 37.0 Å². The molecule has 1 amide bonds. The number of benzene rings is 2. The molecule has 1 aliphatic heterocycles. The predicted molar refractivity (Wildman–Crippen MR) is 90.9 cm³/mol. The zero-order chi connectivity index (χ0) is 19.0. The van der Waals surface area contributed by atoms with Gasteiger partial charge in [-0.15, -0.1) is 0 Å². The molecular weight excluding hydrogens is 395 g/mol. The Hall–Kier alpha value is -1.99. The van der Waals surface area contributed by atoms with Gasteiger partial charge in [0.05, 0.1) is 0 Å². The number of piperazine rings is 1. The van der Waals surface area contributed by atoms with E-state index in [2.05, 4.69) is 0 Å². The molecule has 1 saturated heterocycles. The Balaban J connectivity index is 1.78. The van der Waals surface area contributed by atoms with Crippen LogP contribution in [0.4, 0.5) is 23.2 Å². The van der Waals surface area contributed by atoms with Crippen LogP contribution < -0.4 is 4.90 Å². The Morgan fingerprint density at radius 2 is 1.46 bits per heavy atom. The van der Waals surface area contributed by atoms with Gasteiger partial charge in [0.25, 0.3) is 5.91 Å². The summed E-state index contributed by atoms with van der Waals surface area (Å²) in [6.45, 7) is 0.244. The summed E-state index contributed by atoms with van der Waals surface area (Å²) in [4.78, 5) is 15.1. The Bertz CT molecular complexity index is 841. The predicted octanol–water partition coefficient (Wildman–Crippen LogP) is 4.51. The molecule has 2 aromatic carbocycles. The van der Waals surface area contributed by atoms with Gasteiger partial charge < -0.3 is 9.80 Å². The molecule has 0 radical (unpaired) electrons. The first-order valence-electron chi connectivity index (χ1n) is 7.62. The van der Waals surface area contributed by atoms with Crippen molar-refractivity contribution in [2.45, 2.75) is 0 Å². The number of hydrogen-bond acceptors (Lipinski definition) is 2. The van der Waals surface area contributed by atoms with Crippen LogP contribution in [0.5, 0.6) is 0 Å². The highest BCUT2D eigenvalue weighted by Crippen LogP contribution is 2.34. The van der Waals surface area contributed by atoms with E-state index in [0.29, 0.717) is 10.6 Å². The molecule has 1 aliphatic rings. The third-order valence-electron chi connectivity index (χ3n) is 4.14. The van der Waals surface area contributed by atoms with E-state index < -0.39 is 34.0 Å². The van der Waals surface area contributed by atoms with Crippen molar-refractivity contribution < 1.29 is 22.4 Å². The summed E-state index contributed by atoms with van der Waals surface area (Å²) in [7, 11) is 0. The van der Waals surface area contributed by atoms with Crippen molar-refractivity contribution in [2.24, 2.45) is 0 Å². The van der Waals surface area contributed by atoms with Crippen LogP contribution in [0.15, 0.2) is 24.3 Å². The lowest BCUT2D eigenvalue weighted by atomic mass is 10.1. The molecule has 0 unspecified atom stereocenters. The van der Waals surface area contributed by atoms with Gasteiger partial charge in [0.1, 0.15) is 10.7 Å². The first-order chi connectivity index (χ1) is 12.3. The molecule has 3 rings (SSSR count). The Morgan fingerprint density at radius 1 is 0.885 bits per heavy atom. The maximum Gasteiger partial charge on any atom is 0.254 e. The summed E-state index contributed by atoms with van der Waals surface area (Å²) < 4.78 is 55.4. The Labute approximate surface area is 156 Å². The van der Waals surface area contributed by atoms with E-state index in [1.165, 1.54) is 11.0 Å². The second-order valence-corrected chi connectivity index (χ2v) is 6.52. The van der Waals surface area contributed by atoms with Crippen LogP contribution in [-0.2, 0) is 0 Å². The van der Waals surface area contributed by atoms with Crippen LogP contribution in [0.2, 0.25) is 10.0 Å². The molecular formula is C17H12Cl2F4N2O. The van der Waals surface area contributed by atoms with E-state index in [9.17, 15) is 22.4 Å². The summed E-state index contributed by atoms with van der Waals surface area (Å²) in [5, 5.41) is -0.815.